The van der Waals surface area contributed by atoms with Gasteiger partial charge in [-0.2, -0.15) is 5.26 Å². The smallest absolute Gasteiger partial charge is 0.174 e. The summed E-state index contributed by atoms with van der Waals surface area (Å²) in [5.74, 6) is 1.48. The van der Waals surface area contributed by atoms with Gasteiger partial charge < -0.3 is 10.1 Å². The first kappa shape index (κ1) is 13.5. The standard InChI is InChI=1S/C14H20N2O/c1-3-12(2)10-16-11-13-6-4-5-7-14(13)17-9-8-15/h4-7,12,16H,3,9-11H2,1-2H3. The molecule has 0 bridgehead atoms. The second kappa shape index (κ2) is 7.70. The van der Waals surface area contributed by atoms with Crippen LogP contribution in [0.3, 0.4) is 0 Å². The number of nitriles is 1. The molecule has 0 heterocycles. The summed E-state index contributed by atoms with van der Waals surface area (Å²) in [4.78, 5) is 0. The number of nitrogens with one attached hydrogen (secondary N) is 1. The van der Waals surface area contributed by atoms with Crippen LogP contribution in [0.4, 0.5) is 0 Å². The molecule has 3 nitrogen and oxygen atoms in total. The molecule has 0 fully saturated rings. The van der Waals surface area contributed by atoms with Crippen molar-refractivity contribution < 1.29 is 4.74 Å². The third-order valence-corrected chi connectivity index (χ3v) is 2.77. The van der Waals surface area contributed by atoms with Gasteiger partial charge in [-0.15, -0.1) is 0 Å². The molecule has 1 N–H and O–H groups in total. The zero-order chi connectivity index (χ0) is 12.5. The highest BCUT2D eigenvalue weighted by Crippen LogP contribution is 2.17. The van der Waals surface area contributed by atoms with Gasteiger partial charge in [0.25, 0.3) is 0 Å². The zero-order valence-corrected chi connectivity index (χ0v) is 10.6. The van der Waals surface area contributed by atoms with Crippen LogP contribution in [0.5, 0.6) is 5.75 Å². The topological polar surface area (TPSA) is 45.0 Å². The average molecular weight is 232 g/mol. The molecule has 1 rings (SSSR count). The lowest BCUT2D eigenvalue weighted by Gasteiger charge is -2.12. The van der Waals surface area contributed by atoms with E-state index in [1.165, 1.54) is 6.42 Å². The molecule has 0 amide bonds. The molecular weight excluding hydrogens is 212 g/mol. The van der Waals surface area contributed by atoms with Gasteiger partial charge >= 0.3 is 0 Å². The zero-order valence-electron chi connectivity index (χ0n) is 10.6. The van der Waals surface area contributed by atoms with Crippen molar-refractivity contribution in [1.82, 2.24) is 5.32 Å². The van der Waals surface area contributed by atoms with Gasteiger partial charge in [0.1, 0.15) is 11.8 Å². The molecule has 0 aliphatic rings. The first-order valence-corrected chi connectivity index (χ1v) is 6.06. The summed E-state index contributed by atoms with van der Waals surface area (Å²) in [6.45, 7) is 6.30. The van der Waals surface area contributed by atoms with Crippen LogP contribution in [0, 0.1) is 17.2 Å². The van der Waals surface area contributed by atoms with Crippen molar-refractivity contribution in [3.05, 3.63) is 29.8 Å². The van der Waals surface area contributed by atoms with Gasteiger partial charge in [0, 0.05) is 12.1 Å². The summed E-state index contributed by atoms with van der Waals surface area (Å²) in [5, 5.41) is 11.9. The molecule has 1 unspecified atom stereocenters. The Bertz CT molecular complexity index is 371. The minimum atomic E-state index is 0.0996. The van der Waals surface area contributed by atoms with Crippen LogP contribution < -0.4 is 10.1 Å². The Balaban J connectivity index is 2.49. The maximum absolute atomic E-state index is 8.51. The molecule has 17 heavy (non-hydrogen) atoms. The van der Waals surface area contributed by atoms with Crippen molar-refractivity contribution in [2.45, 2.75) is 26.8 Å². The predicted octanol–water partition coefficient (Wildman–Crippen LogP) is 2.72. The quantitative estimate of drug-likeness (QED) is 0.786. The van der Waals surface area contributed by atoms with E-state index in [0.717, 1.165) is 24.4 Å². The second-order valence-corrected chi connectivity index (χ2v) is 4.20. The van der Waals surface area contributed by atoms with Gasteiger partial charge in [-0.05, 0) is 18.5 Å². The van der Waals surface area contributed by atoms with E-state index in [1.807, 2.05) is 30.3 Å². The van der Waals surface area contributed by atoms with Gasteiger partial charge in [0.15, 0.2) is 6.61 Å². The number of benzene rings is 1. The first-order valence-electron chi connectivity index (χ1n) is 6.06. The summed E-state index contributed by atoms with van der Waals surface area (Å²) in [6.07, 6.45) is 1.18. The largest absolute Gasteiger partial charge is 0.478 e. The van der Waals surface area contributed by atoms with Crippen LogP contribution in [0.25, 0.3) is 0 Å². The van der Waals surface area contributed by atoms with Crippen LogP contribution >= 0.6 is 0 Å². The number of para-hydroxylation sites is 1. The Hall–Kier alpha value is -1.53. The maximum Gasteiger partial charge on any atom is 0.174 e. The van der Waals surface area contributed by atoms with Crippen molar-refractivity contribution in [2.75, 3.05) is 13.2 Å². The summed E-state index contributed by atoms with van der Waals surface area (Å²) in [7, 11) is 0. The van der Waals surface area contributed by atoms with Crippen LogP contribution in [-0.2, 0) is 6.54 Å². The van der Waals surface area contributed by atoms with Crippen LogP contribution in [0.1, 0.15) is 25.8 Å². The molecule has 0 saturated heterocycles. The van der Waals surface area contributed by atoms with E-state index in [4.69, 9.17) is 10.00 Å². The summed E-state index contributed by atoms with van der Waals surface area (Å²) in [6, 6.07) is 9.82. The van der Waals surface area contributed by atoms with E-state index < -0.39 is 0 Å². The fraction of sp³-hybridized carbons (Fsp3) is 0.500. The Morgan fingerprint density at radius 2 is 2.18 bits per heavy atom. The molecule has 92 valence electrons. The number of rotatable bonds is 7. The Kier molecular flexibility index (Phi) is 6.13. The monoisotopic (exact) mass is 232 g/mol. The molecule has 0 spiro atoms. The highest BCUT2D eigenvalue weighted by Gasteiger charge is 2.03. The minimum absolute atomic E-state index is 0.0996. The highest BCUT2D eigenvalue weighted by molar-refractivity contribution is 5.33. The highest BCUT2D eigenvalue weighted by atomic mass is 16.5. The van der Waals surface area contributed by atoms with Gasteiger partial charge in [0.2, 0.25) is 0 Å². The first-order chi connectivity index (χ1) is 8.27. The van der Waals surface area contributed by atoms with E-state index in [9.17, 15) is 0 Å². The van der Waals surface area contributed by atoms with Crippen molar-refractivity contribution >= 4 is 0 Å². The number of hydrogen-bond donors (Lipinski definition) is 1. The van der Waals surface area contributed by atoms with Gasteiger partial charge in [-0.3, -0.25) is 0 Å². The lowest BCUT2D eigenvalue weighted by atomic mass is 10.1. The number of hydrogen-bond acceptors (Lipinski definition) is 3. The molecule has 1 aromatic rings. The molecule has 0 aliphatic heterocycles. The third-order valence-electron chi connectivity index (χ3n) is 2.77. The summed E-state index contributed by atoms with van der Waals surface area (Å²) >= 11 is 0. The van der Waals surface area contributed by atoms with Crippen molar-refractivity contribution in [3.8, 4) is 11.8 Å². The Morgan fingerprint density at radius 1 is 1.41 bits per heavy atom. The molecule has 1 atom stereocenters. The molecule has 0 aromatic heterocycles. The van der Waals surface area contributed by atoms with Crippen molar-refractivity contribution in [3.63, 3.8) is 0 Å². The van der Waals surface area contributed by atoms with E-state index >= 15 is 0 Å². The van der Waals surface area contributed by atoms with Crippen molar-refractivity contribution in [1.29, 1.82) is 5.26 Å². The summed E-state index contributed by atoms with van der Waals surface area (Å²) < 4.78 is 5.37. The molecule has 0 saturated carbocycles. The number of nitrogens with zero attached hydrogens (tertiary/aromatic N) is 1. The van der Waals surface area contributed by atoms with E-state index in [0.29, 0.717) is 5.92 Å². The Labute approximate surface area is 103 Å². The third kappa shape index (κ3) is 4.88. The number of ether oxygens (including phenoxy) is 1. The fourth-order valence-electron chi connectivity index (χ4n) is 1.50. The minimum Gasteiger partial charge on any atom is -0.478 e. The lowest BCUT2D eigenvalue weighted by Crippen LogP contribution is -2.20. The SMILES string of the molecule is CCC(C)CNCc1ccccc1OCC#N. The van der Waals surface area contributed by atoms with Gasteiger partial charge in [-0.25, -0.2) is 0 Å². The van der Waals surface area contributed by atoms with Crippen LogP contribution in [0.15, 0.2) is 24.3 Å². The van der Waals surface area contributed by atoms with Gasteiger partial charge in [-0.1, -0.05) is 38.5 Å². The lowest BCUT2D eigenvalue weighted by molar-refractivity contribution is 0.362. The Morgan fingerprint density at radius 3 is 2.88 bits per heavy atom. The van der Waals surface area contributed by atoms with Crippen LogP contribution in [0.2, 0.25) is 0 Å². The predicted molar refractivity (Wildman–Crippen MR) is 68.7 cm³/mol. The molecule has 3 heteroatoms. The van der Waals surface area contributed by atoms with Crippen molar-refractivity contribution in [2.24, 2.45) is 5.92 Å². The van der Waals surface area contributed by atoms with E-state index in [2.05, 4.69) is 19.2 Å². The molecule has 0 radical (unpaired) electrons. The molecule has 0 aliphatic carbocycles. The van der Waals surface area contributed by atoms with E-state index in [-0.39, 0.29) is 6.61 Å². The normalized spacial score (nSPS) is 11.8. The maximum atomic E-state index is 8.51. The molecule has 1 aromatic carbocycles. The van der Waals surface area contributed by atoms with Crippen LogP contribution in [-0.4, -0.2) is 13.2 Å². The van der Waals surface area contributed by atoms with E-state index in [1.54, 1.807) is 0 Å². The fourth-order valence-corrected chi connectivity index (χ4v) is 1.50. The molecular formula is C14H20N2O. The average Bonchev–Trinajstić information content (AvgIpc) is 2.37. The van der Waals surface area contributed by atoms with Gasteiger partial charge in [0.05, 0.1) is 0 Å². The summed E-state index contributed by atoms with van der Waals surface area (Å²) in [5.41, 5.74) is 1.10. The second-order valence-electron chi connectivity index (χ2n) is 4.20.